The van der Waals surface area contributed by atoms with Crippen LogP contribution in [0.5, 0.6) is 5.75 Å². The number of hydrogen-bond acceptors (Lipinski definition) is 3. The second kappa shape index (κ2) is 8.84. The van der Waals surface area contributed by atoms with Crippen LogP contribution in [0.1, 0.15) is 24.2 Å². The number of carbonyl (C=O) groups excluding carboxylic acids is 1. The minimum absolute atomic E-state index is 0.105. The van der Waals surface area contributed by atoms with Crippen molar-refractivity contribution in [2.24, 2.45) is 4.99 Å². The van der Waals surface area contributed by atoms with Gasteiger partial charge in [-0.15, -0.1) is 0 Å². The van der Waals surface area contributed by atoms with E-state index in [1.807, 2.05) is 13.8 Å². The molecule has 0 fully saturated rings. The second-order valence-electron chi connectivity index (χ2n) is 4.78. The number of benzene rings is 1. The lowest BCUT2D eigenvalue weighted by atomic mass is 10.2. The van der Waals surface area contributed by atoms with Gasteiger partial charge in [-0.3, -0.25) is 9.79 Å². The first kappa shape index (κ1) is 16.8. The zero-order chi connectivity index (χ0) is 15.7. The number of rotatable bonds is 6. The zero-order valence-corrected chi connectivity index (χ0v) is 13.1. The largest absolute Gasteiger partial charge is 0.497 e. The summed E-state index contributed by atoms with van der Waals surface area (Å²) in [5.41, 5.74) is 0.612. The third-order valence-corrected chi connectivity index (χ3v) is 2.70. The molecular weight excluding hydrogens is 268 g/mol. The lowest BCUT2D eigenvalue weighted by Gasteiger charge is -2.14. The summed E-state index contributed by atoms with van der Waals surface area (Å²) >= 11 is 0. The molecule has 6 heteroatoms. The molecule has 1 rings (SSSR count). The third-order valence-electron chi connectivity index (χ3n) is 2.70. The summed E-state index contributed by atoms with van der Waals surface area (Å²) in [5.74, 6) is 1.35. The Morgan fingerprint density at radius 3 is 2.33 bits per heavy atom. The number of nitrogens with zero attached hydrogens (tertiary/aromatic N) is 1. The molecule has 0 aliphatic rings. The number of hydrogen-bond donors (Lipinski definition) is 3. The SMILES string of the molecule is CN=C(NCCNC(=O)c1ccc(OC)cc1)NC(C)C. The van der Waals surface area contributed by atoms with Crippen molar-refractivity contribution in [2.75, 3.05) is 27.2 Å². The van der Waals surface area contributed by atoms with Crippen molar-refractivity contribution in [3.63, 3.8) is 0 Å². The van der Waals surface area contributed by atoms with E-state index in [0.717, 1.165) is 11.7 Å². The number of methoxy groups -OCH3 is 1. The Kier molecular flexibility index (Phi) is 7.08. The van der Waals surface area contributed by atoms with Gasteiger partial charge in [-0.25, -0.2) is 0 Å². The second-order valence-corrected chi connectivity index (χ2v) is 4.78. The van der Waals surface area contributed by atoms with Crippen molar-refractivity contribution in [2.45, 2.75) is 19.9 Å². The molecule has 0 bridgehead atoms. The molecule has 0 atom stereocenters. The molecule has 0 aliphatic carbocycles. The van der Waals surface area contributed by atoms with Crippen LogP contribution < -0.4 is 20.7 Å². The molecule has 0 aromatic heterocycles. The van der Waals surface area contributed by atoms with Gasteiger partial charge in [0, 0.05) is 31.7 Å². The van der Waals surface area contributed by atoms with Gasteiger partial charge in [0.1, 0.15) is 5.75 Å². The summed E-state index contributed by atoms with van der Waals surface area (Å²) in [7, 11) is 3.31. The average Bonchev–Trinajstić information content (AvgIpc) is 2.49. The number of nitrogens with one attached hydrogen (secondary N) is 3. The van der Waals surface area contributed by atoms with E-state index in [2.05, 4.69) is 20.9 Å². The minimum Gasteiger partial charge on any atom is -0.497 e. The van der Waals surface area contributed by atoms with Crippen LogP contribution in [0, 0.1) is 0 Å². The lowest BCUT2D eigenvalue weighted by Crippen LogP contribution is -2.44. The van der Waals surface area contributed by atoms with E-state index in [1.165, 1.54) is 0 Å². The zero-order valence-electron chi connectivity index (χ0n) is 13.1. The van der Waals surface area contributed by atoms with Gasteiger partial charge in [0.15, 0.2) is 5.96 Å². The molecule has 116 valence electrons. The highest BCUT2D eigenvalue weighted by Gasteiger charge is 2.05. The van der Waals surface area contributed by atoms with Gasteiger partial charge < -0.3 is 20.7 Å². The highest BCUT2D eigenvalue weighted by Crippen LogP contribution is 2.10. The number of guanidine groups is 1. The summed E-state index contributed by atoms with van der Waals surface area (Å²) in [5, 5.41) is 9.15. The predicted molar refractivity (Wildman–Crippen MR) is 85.0 cm³/mol. The normalized spacial score (nSPS) is 11.2. The maximum atomic E-state index is 11.9. The molecule has 0 unspecified atom stereocenters. The summed E-state index contributed by atoms with van der Waals surface area (Å²) < 4.78 is 5.06. The van der Waals surface area contributed by atoms with Crippen molar-refractivity contribution in [3.05, 3.63) is 29.8 Å². The van der Waals surface area contributed by atoms with Crippen molar-refractivity contribution >= 4 is 11.9 Å². The first-order valence-corrected chi connectivity index (χ1v) is 6.96. The Bertz CT molecular complexity index is 469. The molecule has 1 amide bonds. The minimum atomic E-state index is -0.105. The molecule has 21 heavy (non-hydrogen) atoms. The van der Waals surface area contributed by atoms with Crippen LogP contribution in [0.15, 0.2) is 29.3 Å². The Labute approximate surface area is 126 Å². The molecule has 0 heterocycles. The summed E-state index contributed by atoms with van der Waals surface area (Å²) in [6.07, 6.45) is 0. The fourth-order valence-electron chi connectivity index (χ4n) is 1.67. The van der Waals surface area contributed by atoms with E-state index in [9.17, 15) is 4.79 Å². The Hall–Kier alpha value is -2.24. The van der Waals surface area contributed by atoms with Gasteiger partial charge in [0.05, 0.1) is 7.11 Å². The van der Waals surface area contributed by atoms with E-state index >= 15 is 0 Å². The highest BCUT2D eigenvalue weighted by molar-refractivity contribution is 5.94. The molecular formula is C15H24N4O2. The first-order valence-electron chi connectivity index (χ1n) is 6.96. The first-order chi connectivity index (χ1) is 10.1. The third kappa shape index (κ3) is 6.16. The number of ether oxygens (including phenoxy) is 1. The Balaban J connectivity index is 2.33. The quantitative estimate of drug-likeness (QED) is 0.415. The molecule has 0 aliphatic heterocycles. The van der Waals surface area contributed by atoms with Crippen LogP contribution in [-0.2, 0) is 0 Å². The standard InChI is InChI=1S/C15H24N4O2/c1-11(2)19-15(16-3)18-10-9-17-14(20)12-5-7-13(21-4)8-6-12/h5-8,11H,9-10H2,1-4H3,(H,17,20)(H2,16,18,19). The smallest absolute Gasteiger partial charge is 0.251 e. The molecule has 0 saturated heterocycles. The van der Waals surface area contributed by atoms with Crippen LogP contribution in [-0.4, -0.2) is 45.2 Å². The van der Waals surface area contributed by atoms with E-state index in [1.54, 1.807) is 38.4 Å². The summed E-state index contributed by atoms with van der Waals surface area (Å²) in [6, 6.07) is 7.32. The van der Waals surface area contributed by atoms with Crippen molar-refractivity contribution < 1.29 is 9.53 Å². The van der Waals surface area contributed by atoms with Gasteiger partial charge in [0.25, 0.3) is 5.91 Å². The molecule has 1 aromatic carbocycles. The van der Waals surface area contributed by atoms with Gasteiger partial charge >= 0.3 is 0 Å². The molecule has 1 aromatic rings. The average molecular weight is 292 g/mol. The molecule has 0 saturated carbocycles. The summed E-state index contributed by atoms with van der Waals surface area (Å²) in [6.45, 7) is 5.20. The van der Waals surface area contributed by atoms with E-state index in [4.69, 9.17) is 4.74 Å². The fraction of sp³-hybridized carbons (Fsp3) is 0.467. The Morgan fingerprint density at radius 2 is 1.81 bits per heavy atom. The van der Waals surface area contributed by atoms with Crippen LogP contribution >= 0.6 is 0 Å². The van der Waals surface area contributed by atoms with Crippen LogP contribution in [0.25, 0.3) is 0 Å². The highest BCUT2D eigenvalue weighted by atomic mass is 16.5. The van der Waals surface area contributed by atoms with Crippen molar-refractivity contribution in [1.82, 2.24) is 16.0 Å². The molecule has 6 nitrogen and oxygen atoms in total. The van der Waals surface area contributed by atoms with Gasteiger partial charge in [0.2, 0.25) is 0 Å². The van der Waals surface area contributed by atoms with Gasteiger partial charge in [-0.1, -0.05) is 0 Å². The van der Waals surface area contributed by atoms with Gasteiger partial charge in [-0.2, -0.15) is 0 Å². The van der Waals surface area contributed by atoms with Crippen molar-refractivity contribution in [1.29, 1.82) is 0 Å². The molecule has 0 spiro atoms. The maximum absolute atomic E-state index is 11.9. The fourth-order valence-corrected chi connectivity index (χ4v) is 1.67. The predicted octanol–water partition coefficient (Wildman–Crippen LogP) is 0.998. The molecule has 3 N–H and O–H groups in total. The number of carbonyl (C=O) groups is 1. The topological polar surface area (TPSA) is 74.8 Å². The maximum Gasteiger partial charge on any atom is 0.251 e. The van der Waals surface area contributed by atoms with Crippen LogP contribution in [0.2, 0.25) is 0 Å². The van der Waals surface area contributed by atoms with E-state index < -0.39 is 0 Å². The number of amides is 1. The lowest BCUT2D eigenvalue weighted by molar-refractivity contribution is 0.0954. The monoisotopic (exact) mass is 292 g/mol. The Morgan fingerprint density at radius 1 is 1.19 bits per heavy atom. The van der Waals surface area contributed by atoms with Gasteiger partial charge in [-0.05, 0) is 38.1 Å². The van der Waals surface area contributed by atoms with Crippen LogP contribution in [0.3, 0.4) is 0 Å². The summed E-state index contributed by atoms with van der Waals surface area (Å²) in [4.78, 5) is 16.0. The van der Waals surface area contributed by atoms with Crippen molar-refractivity contribution in [3.8, 4) is 5.75 Å². The molecule has 0 radical (unpaired) electrons. The van der Waals surface area contributed by atoms with E-state index in [0.29, 0.717) is 24.7 Å². The van der Waals surface area contributed by atoms with E-state index in [-0.39, 0.29) is 5.91 Å². The van der Waals surface area contributed by atoms with Crippen LogP contribution in [0.4, 0.5) is 0 Å². The number of aliphatic imine (C=N–C) groups is 1.